The highest BCUT2D eigenvalue weighted by molar-refractivity contribution is 6.30. The summed E-state index contributed by atoms with van der Waals surface area (Å²) in [6, 6.07) is 13.6. The molecule has 0 amide bonds. The first-order chi connectivity index (χ1) is 10.2. The molecule has 3 rings (SSSR count). The minimum absolute atomic E-state index is 0.0540. The zero-order valence-electron chi connectivity index (χ0n) is 11.8. The van der Waals surface area contributed by atoms with E-state index in [-0.39, 0.29) is 5.78 Å². The van der Waals surface area contributed by atoms with Gasteiger partial charge in [0.1, 0.15) is 0 Å². The van der Waals surface area contributed by atoms with Crippen LogP contribution in [-0.4, -0.2) is 5.78 Å². The first kappa shape index (κ1) is 14.1. The minimum atomic E-state index is 0.0540. The van der Waals surface area contributed by atoms with Crippen molar-refractivity contribution >= 4 is 23.5 Å². The monoisotopic (exact) mass is 296 g/mol. The van der Waals surface area contributed by atoms with Crippen LogP contribution in [0.4, 0.5) is 0 Å². The largest absolute Gasteiger partial charge is 0.289 e. The second kappa shape index (κ2) is 6.28. The van der Waals surface area contributed by atoms with Gasteiger partial charge < -0.3 is 0 Å². The number of benzene rings is 2. The predicted molar refractivity (Wildman–Crippen MR) is 87.9 cm³/mol. The quantitative estimate of drug-likeness (QED) is 0.568. The third-order valence-corrected chi connectivity index (χ3v) is 4.18. The normalized spacial score (nSPS) is 14.1. The summed E-state index contributed by atoms with van der Waals surface area (Å²) in [5.41, 5.74) is 4.50. The van der Waals surface area contributed by atoms with Gasteiger partial charge in [0.15, 0.2) is 5.78 Å². The Morgan fingerprint density at radius 1 is 0.952 bits per heavy atom. The molecule has 0 spiro atoms. The van der Waals surface area contributed by atoms with E-state index < -0.39 is 0 Å². The number of fused-ring (bicyclic) bond motifs is 1. The lowest BCUT2D eigenvalue weighted by molar-refractivity contribution is 0.104. The summed E-state index contributed by atoms with van der Waals surface area (Å²) < 4.78 is 0. The molecule has 21 heavy (non-hydrogen) atoms. The highest BCUT2D eigenvalue weighted by Crippen LogP contribution is 2.22. The van der Waals surface area contributed by atoms with Crippen LogP contribution in [0.15, 0.2) is 48.5 Å². The Labute approximate surface area is 130 Å². The summed E-state index contributed by atoms with van der Waals surface area (Å²) >= 11 is 5.85. The molecule has 0 unspecified atom stereocenters. The number of carbonyl (C=O) groups excluding carboxylic acids is 1. The zero-order valence-corrected chi connectivity index (χ0v) is 12.6. The lowest BCUT2D eigenvalue weighted by atomic mass is 9.90. The average Bonchev–Trinajstić information content (AvgIpc) is 2.53. The molecule has 106 valence electrons. The lowest BCUT2D eigenvalue weighted by Gasteiger charge is -2.15. The average molecular weight is 297 g/mol. The molecule has 0 aromatic heterocycles. The third-order valence-electron chi connectivity index (χ3n) is 3.93. The summed E-state index contributed by atoms with van der Waals surface area (Å²) in [5.74, 6) is 0.0540. The number of hydrogen-bond acceptors (Lipinski definition) is 1. The topological polar surface area (TPSA) is 17.1 Å². The van der Waals surface area contributed by atoms with Crippen LogP contribution < -0.4 is 0 Å². The van der Waals surface area contributed by atoms with Crippen molar-refractivity contribution in [3.8, 4) is 0 Å². The van der Waals surface area contributed by atoms with E-state index in [1.807, 2.05) is 36.4 Å². The summed E-state index contributed by atoms with van der Waals surface area (Å²) in [4.78, 5) is 12.3. The van der Waals surface area contributed by atoms with Gasteiger partial charge in [0, 0.05) is 10.6 Å². The molecule has 0 atom stereocenters. The van der Waals surface area contributed by atoms with Crippen LogP contribution in [0.2, 0.25) is 5.02 Å². The van der Waals surface area contributed by atoms with E-state index in [0.717, 1.165) is 24.0 Å². The number of hydrogen-bond donors (Lipinski definition) is 0. The molecule has 0 saturated carbocycles. The van der Waals surface area contributed by atoms with E-state index in [1.165, 1.54) is 24.0 Å². The Hall–Kier alpha value is -1.86. The van der Waals surface area contributed by atoms with Gasteiger partial charge in [0.25, 0.3) is 0 Å². The summed E-state index contributed by atoms with van der Waals surface area (Å²) in [5, 5.41) is 0.702. The van der Waals surface area contributed by atoms with Crippen molar-refractivity contribution in [1.82, 2.24) is 0 Å². The summed E-state index contributed by atoms with van der Waals surface area (Å²) in [6.07, 6.45) is 8.19. The molecular formula is C19H17ClO. The smallest absolute Gasteiger partial charge is 0.185 e. The predicted octanol–water partition coefficient (Wildman–Crippen LogP) is 5.11. The number of halogens is 1. The molecule has 0 bridgehead atoms. The van der Waals surface area contributed by atoms with Crippen molar-refractivity contribution < 1.29 is 4.79 Å². The van der Waals surface area contributed by atoms with Crippen molar-refractivity contribution in [1.29, 1.82) is 0 Å². The SMILES string of the molecule is O=C(/C=C/c1ccc(Cl)cc1)c1ccc2c(c1)CCCC2. The Kier molecular flexibility index (Phi) is 4.21. The highest BCUT2D eigenvalue weighted by Gasteiger charge is 2.11. The molecule has 2 aromatic rings. The second-order valence-corrected chi connectivity index (χ2v) is 5.88. The zero-order chi connectivity index (χ0) is 14.7. The second-order valence-electron chi connectivity index (χ2n) is 5.44. The minimum Gasteiger partial charge on any atom is -0.289 e. The van der Waals surface area contributed by atoms with Crippen molar-refractivity contribution in [2.75, 3.05) is 0 Å². The van der Waals surface area contributed by atoms with Crippen molar-refractivity contribution in [2.24, 2.45) is 0 Å². The molecule has 2 heteroatoms. The molecule has 0 fully saturated rings. The van der Waals surface area contributed by atoms with Crippen molar-refractivity contribution in [3.63, 3.8) is 0 Å². The van der Waals surface area contributed by atoms with Crippen molar-refractivity contribution in [2.45, 2.75) is 25.7 Å². The van der Waals surface area contributed by atoms with Crippen LogP contribution in [0.3, 0.4) is 0 Å². The lowest BCUT2D eigenvalue weighted by Crippen LogP contribution is -2.05. The maximum Gasteiger partial charge on any atom is 0.185 e. The fourth-order valence-corrected chi connectivity index (χ4v) is 2.85. The van der Waals surface area contributed by atoms with Gasteiger partial charge in [-0.25, -0.2) is 0 Å². The molecular weight excluding hydrogens is 280 g/mol. The van der Waals surface area contributed by atoms with Gasteiger partial charge in [-0.2, -0.15) is 0 Å². The van der Waals surface area contributed by atoms with E-state index in [4.69, 9.17) is 11.6 Å². The molecule has 0 saturated heterocycles. The Morgan fingerprint density at radius 3 is 2.43 bits per heavy atom. The van der Waals surface area contributed by atoms with Gasteiger partial charge in [-0.1, -0.05) is 41.9 Å². The standard InChI is InChI=1S/C19H17ClO/c20-18-10-5-14(6-11-18)7-12-19(21)17-9-8-15-3-1-2-4-16(15)13-17/h5-13H,1-4H2/b12-7+. The maximum atomic E-state index is 12.3. The Morgan fingerprint density at radius 2 is 1.67 bits per heavy atom. The Bertz CT molecular complexity index is 683. The Balaban J connectivity index is 1.77. The van der Waals surface area contributed by atoms with Gasteiger partial charge in [0.05, 0.1) is 0 Å². The molecule has 1 nitrogen and oxygen atoms in total. The van der Waals surface area contributed by atoms with Gasteiger partial charge in [-0.3, -0.25) is 4.79 Å². The number of aryl methyl sites for hydroxylation is 2. The van der Waals surface area contributed by atoms with E-state index in [9.17, 15) is 4.79 Å². The fraction of sp³-hybridized carbons (Fsp3) is 0.211. The first-order valence-corrected chi connectivity index (χ1v) is 7.70. The van der Waals surface area contributed by atoms with E-state index in [0.29, 0.717) is 5.02 Å². The van der Waals surface area contributed by atoms with Crippen LogP contribution in [-0.2, 0) is 12.8 Å². The molecule has 1 aliphatic rings. The van der Waals surface area contributed by atoms with E-state index in [2.05, 4.69) is 12.1 Å². The van der Waals surface area contributed by atoms with Crippen molar-refractivity contribution in [3.05, 3.63) is 75.8 Å². The van der Waals surface area contributed by atoms with Gasteiger partial charge >= 0.3 is 0 Å². The molecule has 0 aliphatic heterocycles. The summed E-state index contributed by atoms with van der Waals surface area (Å²) in [7, 11) is 0. The van der Waals surface area contributed by atoms with Crippen LogP contribution in [0.5, 0.6) is 0 Å². The third kappa shape index (κ3) is 3.43. The van der Waals surface area contributed by atoms with Crippen LogP contribution in [0, 0.1) is 0 Å². The van der Waals surface area contributed by atoms with Gasteiger partial charge in [-0.15, -0.1) is 0 Å². The molecule has 0 N–H and O–H groups in total. The highest BCUT2D eigenvalue weighted by atomic mass is 35.5. The molecule has 2 aromatic carbocycles. The van der Waals surface area contributed by atoms with Gasteiger partial charge in [-0.05, 0) is 66.6 Å². The molecule has 0 heterocycles. The number of carbonyl (C=O) groups is 1. The molecule has 0 radical (unpaired) electrons. The number of rotatable bonds is 3. The molecule has 1 aliphatic carbocycles. The van der Waals surface area contributed by atoms with Crippen LogP contribution >= 0.6 is 11.6 Å². The fourth-order valence-electron chi connectivity index (χ4n) is 2.73. The van der Waals surface area contributed by atoms with E-state index in [1.54, 1.807) is 6.08 Å². The van der Waals surface area contributed by atoms with Crippen LogP contribution in [0.25, 0.3) is 6.08 Å². The first-order valence-electron chi connectivity index (χ1n) is 7.32. The number of allylic oxidation sites excluding steroid dienone is 1. The summed E-state index contributed by atoms with van der Waals surface area (Å²) in [6.45, 7) is 0. The van der Waals surface area contributed by atoms with Crippen LogP contribution in [0.1, 0.15) is 39.9 Å². The van der Waals surface area contributed by atoms with Gasteiger partial charge in [0.2, 0.25) is 0 Å². The number of ketones is 1. The van der Waals surface area contributed by atoms with E-state index >= 15 is 0 Å². The maximum absolute atomic E-state index is 12.3.